The number of amides is 1. The van der Waals surface area contributed by atoms with Crippen LogP contribution in [0.1, 0.15) is 13.3 Å². The molecule has 1 N–H and O–H groups in total. The van der Waals surface area contributed by atoms with E-state index in [1.54, 1.807) is 29.4 Å². The molecule has 0 aliphatic carbocycles. The first-order valence-electron chi connectivity index (χ1n) is 11.6. The number of fused-ring (bicyclic) bond motifs is 2. The molecule has 10 heteroatoms. The second kappa shape index (κ2) is 12.7. The van der Waals surface area contributed by atoms with Gasteiger partial charge in [-0.25, -0.2) is 9.78 Å². The number of para-hydroxylation sites is 4. The molecular weight excluding hydrogens is 535 g/mol. The summed E-state index contributed by atoms with van der Waals surface area (Å²) in [4.78, 5) is 17.9. The van der Waals surface area contributed by atoms with Gasteiger partial charge in [0.25, 0.3) is 0 Å². The Bertz CT molecular complexity index is 1240. The molecule has 1 aliphatic rings. The van der Waals surface area contributed by atoms with E-state index in [1.165, 1.54) is 10.9 Å². The van der Waals surface area contributed by atoms with Crippen molar-refractivity contribution >= 4 is 52.2 Å². The highest BCUT2D eigenvalue weighted by Crippen LogP contribution is 2.41. The minimum absolute atomic E-state index is 0.152. The maximum atomic E-state index is 12.3. The molecule has 0 saturated carbocycles. The standard InChI is InChI=1S/C15H16Cl3N3O2.C12H9NO/c1-2-4-20(15(22)21-5-3-19-10-21)6-7-23-14-12(17)8-11(16)9-13(14)18;1-3-7-11-9(5-1)13-10-6-2-4-8-12(10)14-11/h3,5,8-10H,2,4,6-7H2,1H3;1-8,13H. The topological polar surface area (TPSA) is 68.6 Å². The predicted octanol–water partition coefficient (Wildman–Crippen LogP) is 8.14. The minimum Gasteiger partial charge on any atom is -0.489 e. The Kier molecular flexibility index (Phi) is 9.17. The monoisotopic (exact) mass is 558 g/mol. The first kappa shape index (κ1) is 26.7. The van der Waals surface area contributed by atoms with Crippen molar-refractivity contribution in [2.24, 2.45) is 0 Å². The number of carbonyl (C=O) groups excluding carboxylic acids is 1. The van der Waals surface area contributed by atoms with Crippen molar-refractivity contribution in [1.82, 2.24) is 14.5 Å². The van der Waals surface area contributed by atoms with Crippen molar-refractivity contribution in [2.45, 2.75) is 13.3 Å². The highest BCUT2D eigenvalue weighted by Gasteiger charge is 2.16. The number of imidazole rings is 1. The average Bonchev–Trinajstić information content (AvgIpc) is 3.43. The molecule has 0 atom stereocenters. The normalized spacial score (nSPS) is 11.1. The molecule has 192 valence electrons. The third-order valence-electron chi connectivity index (χ3n) is 5.32. The molecule has 2 heterocycles. The van der Waals surface area contributed by atoms with E-state index in [2.05, 4.69) is 10.3 Å². The molecule has 1 amide bonds. The second-order valence-corrected chi connectivity index (χ2v) is 9.26. The molecule has 0 unspecified atom stereocenters. The summed E-state index contributed by atoms with van der Waals surface area (Å²) < 4.78 is 12.8. The van der Waals surface area contributed by atoms with Crippen LogP contribution in [0.15, 0.2) is 79.4 Å². The largest absolute Gasteiger partial charge is 0.489 e. The van der Waals surface area contributed by atoms with E-state index in [0.717, 1.165) is 29.3 Å². The van der Waals surface area contributed by atoms with E-state index in [-0.39, 0.29) is 12.6 Å². The van der Waals surface area contributed by atoms with E-state index in [0.29, 0.717) is 33.9 Å². The van der Waals surface area contributed by atoms with Crippen molar-refractivity contribution in [2.75, 3.05) is 25.0 Å². The van der Waals surface area contributed by atoms with E-state index in [4.69, 9.17) is 44.3 Å². The quantitative estimate of drug-likeness (QED) is 0.227. The fraction of sp³-hybridized carbons (Fsp3) is 0.185. The fourth-order valence-corrected chi connectivity index (χ4v) is 4.54. The van der Waals surface area contributed by atoms with Crippen LogP contribution in [-0.4, -0.2) is 40.2 Å². The molecular formula is C27H25Cl3N4O3. The zero-order valence-corrected chi connectivity index (χ0v) is 22.3. The lowest BCUT2D eigenvalue weighted by Crippen LogP contribution is -2.37. The third kappa shape index (κ3) is 6.89. The summed E-state index contributed by atoms with van der Waals surface area (Å²) in [5, 5.41) is 4.43. The number of rotatable bonds is 6. The number of anilines is 2. The minimum atomic E-state index is -0.152. The van der Waals surface area contributed by atoms with Gasteiger partial charge in [-0.2, -0.15) is 0 Å². The van der Waals surface area contributed by atoms with Crippen LogP contribution in [0.3, 0.4) is 0 Å². The summed E-state index contributed by atoms with van der Waals surface area (Å²) in [6.45, 7) is 3.28. The zero-order chi connectivity index (χ0) is 26.2. The van der Waals surface area contributed by atoms with Crippen LogP contribution in [0.4, 0.5) is 16.2 Å². The van der Waals surface area contributed by atoms with Gasteiger partial charge in [-0.3, -0.25) is 4.57 Å². The van der Waals surface area contributed by atoms with Gasteiger partial charge in [-0.05, 0) is 42.8 Å². The van der Waals surface area contributed by atoms with Crippen molar-refractivity contribution in [3.63, 3.8) is 0 Å². The first-order chi connectivity index (χ1) is 18.0. The van der Waals surface area contributed by atoms with E-state index < -0.39 is 0 Å². The number of hydrogen-bond donors (Lipinski definition) is 1. The van der Waals surface area contributed by atoms with Gasteiger partial charge in [-0.15, -0.1) is 0 Å². The van der Waals surface area contributed by atoms with Crippen molar-refractivity contribution < 1.29 is 14.3 Å². The maximum Gasteiger partial charge on any atom is 0.329 e. The number of halogens is 3. The Balaban J connectivity index is 0.000000193. The Morgan fingerprint density at radius 2 is 1.62 bits per heavy atom. The molecule has 3 aromatic carbocycles. The molecule has 0 saturated heterocycles. The van der Waals surface area contributed by atoms with Gasteiger partial charge in [0.2, 0.25) is 0 Å². The van der Waals surface area contributed by atoms with E-state index >= 15 is 0 Å². The van der Waals surface area contributed by atoms with Gasteiger partial charge in [0.15, 0.2) is 17.2 Å². The van der Waals surface area contributed by atoms with Gasteiger partial charge in [-0.1, -0.05) is 66.0 Å². The van der Waals surface area contributed by atoms with E-state index in [1.807, 2.05) is 55.5 Å². The van der Waals surface area contributed by atoms with Crippen molar-refractivity contribution in [3.8, 4) is 17.2 Å². The molecule has 1 aromatic heterocycles. The smallest absolute Gasteiger partial charge is 0.329 e. The molecule has 0 fully saturated rings. The third-order valence-corrected chi connectivity index (χ3v) is 6.10. The van der Waals surface area contributed by atoms with Crippen LogP contribution >= 0.6 is 34.8 Å². The molecule has 37 heavy (non-hydrogen) atoms. The summed E-state index contributed by atoms with van der Waals surface area (Å²) >= 11 is 18.0. The Labute approximate surface area is 230 Å². The predicted molar refractivity (Wildman–Crippen MR) is 148 cm³/mol. The van der Waals surface area contributed by atoms with Crippen LogP contribution in [0, 0.1) is 0 Å². The first-order valence-corrected chi connectivity index (χ1v) is 12.8. The Morgan fingerprint density at radius 1 is 1.00 bits per heavy atom. The average molecular weight is 560 g/mol. The summed E-state index contributed by atoms with van der Waals surface area (Å²) in [5.41, 5.74) is 2.04. The molecule has 5 rings (SSSR count). The van der Waals surface area contributed by atoms with Crippen molar-refractivity contribution in [1.29, 1.82) is 0 Å². The molecule has 1 aliphatic heterocycles. The van der Waals surface area contributed by atoms with Crippen LogP contribution in [0.2, 0.25) is 15.1 Å². The summed E-state index contributed by atoms with van der Waals surface area (Å²) in [6.07, 6.45) is 5.48. The van der Waals surface area contributed by atoms with Crippen LogP contribution < -0.4 is 14.8 Å². The summed E-state index contributed by atoms with van der Waals surface area (Å²) in [7, 11) is 0. The molecule has 0 radical (unpaired) electrons. The Hall–Kier alpha value is -3.39. The fourth-order valence-electron chi connectivity index (χ4n) is 3.61. The molecule has 0 spiro atoms. The van der Waals surface area contributed by atoms with Crippen LogP contribution in [-0.2, 0) is 0 Å². The van der Waals surface area contributed by atoms with Gasteiger partial charge >= 0.3 is 6.03 Å². The number of carbonyl (C=O) groups is 1. The number of aromatic nitrogens is 2. The maximum absolute atomic E-state index is 12.3. The SMILES string of the molecule is CCCN(CCOc1c(Cl)cc(Cl)cc1Cl)C(=O)n1ccnc1.c1ccc2c(c1)Nc1ccccc1O2. The number of benzene rings is 3. The summed E-state index contributed by atoms with van der Waals surface area (Å²) in [6, 6.07) is 18.8. The van der Waals surface area contributed by atoms with E-state index in [9.17, 15) is 4.79 Å². The lowest BCUT2D eigenvalue weighted by atomic mass is 10.2. The lowest BCUT2D eigenvalue weighted by Gasteiger charge is -2.22. The number of hydrogen-bond acceptors (Lipinski definition) is 5. The second-order valence-electron chi connectivity index (χ2n) is 8.01. The molecule has 4 aromatic rings. The van der Waals surface area contributed by atoms with Gasteiger partial charge in [0.05, 0.1) is 28.0 Å². The Morgan fingerprint density at radius 3 is 2.19 bits per heavy atom. The number of ether oxygens (including phenoxy) is 2. The number of nitrogens with zero attached hydrogens (tertiary/aromatic N) is 3. The van der Waals surface area contributed by atoms with Gasteiger partial charge < -0.3 is 19.7 Å². The van der Waals surface area contributed by atoms with Crippen molar-refractivity contribution in [3.05, 3.63) is 94.5 Å². The molecule has 0 bridgehead atoms. The van der Waals surface area contributed by atoms with Gasteiger partial charge in [0.1, 0.15) is 12.9 Å². The summed E-state index contributed by atoms with van der Waals surface area (Å²) in [5.74, 6) is 2.13. The van der Waals surface area contributed by atoms with Crippen LogP contribution in [0.25, 0.3) is 0 Å². The van der Waals surface area contributed by atoms with Gasteiger partial charge in [0, 0.05) is 24.0 Å². The van der Waals surface area contributed by atoms with Crippen LogP contribution in [0.5, 0.6) is 17.2 Å². The highest BCUT2D eigenvalue weighted by atomic mass is 35.5. The number of nitrogens with one attached hydrogen (secondary N) is 1. The molecule has 7 nitrogen and oxygen atoms in total. The highest BCUT2D eigenvalue weighted by molar-refractivity contribution is 6.40. The zero-order valence-electron chi connectivity index (χ0n) is 20.0. The lowest BCUT2D eigenvalue weighted by molar-refractivity contribution is 0.184.